The molecule has 1 aliphatic carbocycles. The molecule has 0 saturated carbocycles. The molecule has 0 bridgehead atoms. The molecule has 0 atom stereocenters. The molecule has 0 aromatic carbocycles. The Hall–Kier alpha value is -1.13. The van der Waals surface area contributed by atoms with Gasteiger partial charge in [0.1, 0.15) is 12.1 Å². The molecule has 0 radical (unpaired) electrons. The summed E-state index contributed by atoms with van der Waals surface area (Å²) in [6.07, 6.45) is 5.00. The number of fused-ring (bicyclic) bond motifs is 1. The SMILES string of the molecule is Clc1ccc(CNc2ncnc3c2CCC3)s1. The zero-order chi connectivity index (χ0) is 11.7. The number of aromatic nitrogens is 2. The second-order valence-electron chi connectivity index (χ2n) is 4.06. The van der Waals surface area contributed by atoms with Crippen molar-refractivity contribution in [1.29, 1.82) is 0 Å². The Bertz CT molecular complexity index is 538. The fourth-order valence-corrected chi connectivity index (χ4v) is 3.16. The van der Waals surface area contributed by atoms with Crippen LogP contribution in [-0.4, -0.2) is 9.97 Å². The number of rotatable bonds is 3. The molecule has 0 unspecified atom stereocenters. The number of hydrogen-bond donors (Lipinski definition) is 1. The molecule has 0 aliphatic heterocycles. The van der Waals surface area contributed by atoms with E-state index in [0.717, 1.165) is 29.5 Å². The third-order valence-electron chi connectivity index (χ3n) is 2.93. The van der Waals surface area contributed by atoms with E-state index >= 15 is 0 Å². The van der Waals surface area contributed by atoms with Gasteiger partial charge in [0.25, 0.3) is 0 Å². The maximum Gasteiger partial charge on any atom is 0.133 e. The predicted octanol–water partition coefficient (Wildman–Crippen LogP) is 3.29. The summed E-state index contributed by atoms with van der Waals surface area (Å²) in [5, 5.41) is 3.38. The highest BCUT2D eigenvalue weighted by atomic mass is 35.5. The van der Waals surface area contributed by atoms with Gasteiger partial charge in [0.05, 0.1) is 10.9 Å². The highest BCUT2D eigenvalue weighted by Gasteiger charge is 2.16. The molecule has 1 aliphatic rings. The van der Waals surface area contributed by atoms with Crippen LogP contribution in [0.3, 0.4) is 0 Å². The molecule has 3 nitrogen and oxygen atoms in total. The minimum atomic E-state index is 0.779. The van der Waals surface area contributed by atoms with E-state index in [4.69, 9.17) is 11.6 Å². The first-order valence-corrected chi connectivity index (χ1v) is 6.83. The monoisotopic (exact) mass is 265 g/mol. The summed E-state index contributed by atoms with van der Waals surface area (Å²) < 4.78 is 0.828. The van der Waals surface area contributed by atoms with Gasteiger partial charge in [-0.2, -0.15) is 0 Å². The lowest BCUT2D eigenvalue weighted by Gasteiger charge is -2.08. The van der Waals surface area contributed by atoms with E-state index in [1.807, 2.05) is 12.1 Å². The van der Waals surface area contributed by atoms with E-state index in [1.165, 1.54) is 22.6 Å². The first-order chi connectivity index (χ1) is 8.33. The number of anilines is 1. The Kier molecular flexibility index (Phi) is 2.99. The average molecular weight is 266 g/mol. The molecule has 3 rings (SSSR count). The van der Waals surface area contributed by atoms with Gasteiger partial charge in [-0.3, -0.25) is 0 Å². The quantitative estimate of drug-likeness (QED) is 0.925. The highest BCUT2D eigenvalue weighted by Crippen LogP contribution is 2.26. The summed E-state index contributed by atoms with van der Waals surface area (Å²) in [6.45, 7) is 0.779. The lowest BCUT2D eigenvalue weighted by atomic mass is 10.2. The number of nitrogens with zero attached hydrogens (tertiary/aromatic N) is 2. The minimum absolute atomic E-state index is 0.779. The molecular weight excluding hydrogens is 254 g/mol. The fraction of sp³-hybridized carbons (Fsp3) is 0.333. The number of thiophene rings is 1. The van der Waals surface area contributed by atoms with Crippen LogP contribution in [0.15, 0.2) is 18.5 Å². The molecule has 2 aromatic heterocycles. The Morgan fingerprint density at radius 1 is 1.29 bits per heavy atom. The minimum Gasteiger partial charge on any atom is -0.365 e. The van der Waals surface area contributed by atoms with Crippen LogP contribution in [0.2, 0.25) is 4.34 Å². The molecule has 88 valence electrons. The van der Waals surface area contributed by atoms with Crippen molar-refractivity contribution in [2.24, 2.45) is 0 Å². The molecule has 2 aromatic rings. The largest absolute Gasteiger partial charge is 0.365 e. The Balaban J connectivity index is 1.75. The summed E-state index contributed by atoms with van der Waals surface area (Å²) in [5.41, 5.74) is 2.49. The van der Waals surface area contributed by atoms with Crippen LogP contribution in [0.5, 0.6) is 0 Å². The molecule has 1 N–H and O–H groups in total. The van der Waals surface area contributed by atoms with Gasteiger partial charge in [-0.05, 0) is 31.4 Å². The smallest absolute Gasteiger partial charge is 0.133 e. The first kappa shape index (κ1) is 11.0. The van der Waals surface area contributed by atoms with Crippen molar-refractivity contribution in [3.8, 4) is 0 Å². The van der Waals surface area contributed by atoms with Gasteiger partial charge in [0, 0.05) is 16.1 Å². The molecule has 5 heteroatoms. The van der Waals surface area contributed by atoms with Crippen molar-refractivity contribution in [3.63, 3.8) is 0 Å². The lowest BCUT2D eigenvalue weighted by molar-refractivity contribution is 0.899. The Labute approximate surface area is 109 Å². The topological polar surface area (TPSA) is 37.8 Å². The van der Waals surface area contributed by atoms with Crippen molar-refractivity contribution < 1.29 is 0 Å². The standard InChI is InChI=1S/C12H12ClN3S/c13-11-5-4-8(17-11)6-14-12-9-2-1-3-10(9)15-7-16-12/h4-5,7H,1-3,6H2,(H,14,15,16). The number of hydrogen-bond acceptors (Lipinski definition) is 4. The van der Waals surface area contributed by atoms with Crippen molar-refractivity contribution in [2.45, 2.75) is 25.8 Å². The Morgan fingerprint density at radius 2 is 2.24 bits per heavy atom. The summed E-state index contributed by atoms with van der Waals surface area (Å²) >= 11 is 7.50. The van der Waals surface area contributed by atoms with Gasteiger partial charge in [-0.1, -0.05) is 11.6 Å². The molecule has 17 heavy (non-hydrogen) atoms. The lowest BCUT2D eigenvalue weighted by Crippen LogP contribution is -2.04. The molecule has 0 saturated heterocycles. The third-order valence-corrected chi connectivity index (χ3v) is 4.17. The number of aryl methyl sites for hydroxylation is 1. The summed E-state index contributed by atoms with van der Waals surface area (Å²) in [4.78, 5) is 9.85. The van der Waals surface area contributed by atoms with Crippen molar-refractivity contribution in [2.75, 3.05) is 5.32 Å². The first-order valence-electron chi connectivity index (χ1n) is 5.64. The number of halogens is 1. The van der Waals surface area contributed by atoms with E-state index in [-0.39, 0.29) is 0 Å². The van der Waals surface area contributed by atoms with Crippen LogP contribution in [-0.2, 0) is 19.4 Å². The Morgan fingerprint density at radius 3 is 3.06 bits per heavy atom. The van der Waals surface area contributed by atoms with Crippen LogP contribution in [0.25, 0.3) is 0 Å². The zero-order valence-corrected chi connectivity index (χ0v) is 10.8. The van der Waals surface area contributed by atoms with Crippen molar-refractivity contribution >= 4 is 28.8 Å². The molecule has 0 spiro atoms. The van der Waals surface area contributed by atoms with Gasteiger partial charge in [0.2, 0.25) is 0 Å². The molecule has 0 fully saturated rings. The summed E-state index contributed by atoms with van der Waals surface area (Å²) in [7, 11) is 0. The van der Waals surface area contributed by atoms with Gasteiger partial charge in [0.15, 0.2) is 0 Å². The average Bonchev–Trinajstić information content (AvgIpc) is 2.94. The molecule has 0 amide bonds. The second-order valence-corrected chi connectivity index (χ2v) is 5.86. The van der Waals surface area contributed by atoms with Crippen LogP contribution in [0.1, 0.15) is 22.6 Å². The summed E-state index contributed by atoms with van der Waals surface area (Å²) in [5.74, 6) is 0.983. The maximum atomic E-state index is 5.90. The van der Waals surface area contributed by atoms with Crippen LogP contribution in [0.4, 0.5) is 5.82 Å². The highest BCUT2D eigenvalue weighted by molar-refractivity contribution is 7.16. The van der Waals surface area contributed by atoms with E-state index in [2.05, 4.69) is 15.3 Å². The third kappa shape index (κ3) is 2.28. The predicted molar refractivity (Wildman–Crippen MR) is 70.7 cm³/mol. The van der Waals surface area contributed by atoms with Crippen LogP contribution >= 0.6 is 22.9 Å². The van der Waals surface area contributed by atoms with Gasteiger partial charge < -0.3 is 5.32 Å². The molecular formula is C12H12ClN3S. The van der Waals surface area contributed by atoms with Crippen molar-refractivity contribution in [3.05, 3.63) is 38.9 Å². The van der Waals surface area contributed by atoms with Gasteiger partial charge in [-0.15, -0.1) is 11.3 Å². The normalized spacial score (nSPS) is 13.7. The van der Waals surface area contributed by atoms with Crippen molar-refractivity contribution in [1.82, 2.24) is 9.97 Å². The van der Waals surface area contributed by atoms with Gasteiger partial charge in [-0.25, -0.2) is 9.97 Å². The molecule has 2 heterocycles. The number of nitrogens with one attached hydrogen (secondary N) is 1. The maximum absolute atomic E-state index is 5.90. The fourth-order valence-electron chi connectivity index (χ4n) is 2.13. The van der Waals surface area contributed by atoms with Crippen LogP contribution in [0, 0.1) is 0 Å². The summed E-state index contributed by atoms with van der Waals surface area (Å²) in [6, 6.07) is 3.97. The van der Waals surface area contributed by atoms with E-state index < -0.39 is 0 Å². The van der Waals surface area contributed by atoms with E-state index in [9.17, 15) is 0 Å². The van der Waals surface area contributed by atoms with Gasteiger partial charge >= 0.3 is 0 Å². The van der Waals surface area contributed by atoms with Crippen LogP contribution < -0.4 is 5.32 Å². The van der Waals surface area contributed by atoms with E-state index in [0.29, 0.717) is 0 Å². The second kappa shape index (κ2) is 4.63. The van der Waals surface area contributed by atoms with E-state index in [1.54, 1.807) is 17.7 Å². The zero-order valence-electron chi connectivity index (χ0n) is 9.24.